The summed E-state index contributed by atoms with van der Waals surface area (Å²) >= 11 is 0. The number of unbranched alkanes of at least 4 members (excludes halogenated alkanes) is 31. The van der Waals surface area contributed by atoms with Gasteiger partial charge in [0.15, 0.2) is 6.10 Å². The molecule has 0 aromatic heterocycles. The number of likely N-dealkylation sites (N-methyl/N-ethyl adjacent to an activating group) is 1. The molecular formula is C50H99NO8P+. The fourth-order valence-corrected chi connectivity index (χ4v) is 8.05. The monoisotopic (exact) mass is 873 g/mol. The molecule has 10 heteroatoms. The van der Waals surface area contributed by atoms with E-state index in [4.69, 9.17) is 18.5 Å². The lowest BCUT2D eigenvalue weighted by Crippen LogP contribution is -2.37. The molecule has 0 aromatic carbocycles. The van der Waals surface area contributed by atoms with Gasteiger partial charge in [-0.05, 0) is 38.5 Å². The molecule has 0 aromatic rings. The summed E-state index contributed by atoms with van der Waals surface area (Å²) in [4.78, 5) is 35.5. The van der Waals surface area contributed by atoms with Gasteiger partial charge in [-0.2, -0.15) is 0 Å². The summed E-state index contributed by atoms with van der Waals surface area (Å²) < 4.78 is 34.4. The summed E-state index contributed by atoms with van der Waals surface area (Å²) in [7, 11) is 1.49. The lowest BCUT2D eigenvalue weighted by Gasteiger charge is -2.24. The zero-order valence-corrected chi connectivity index (χ0v) is 41.1. The van der Waals surface area contributed by atoms with Crippen LogP contribution in [0.15, 0.2) is 12.2 Å². The second-order valence-electron chi connectivity index (χ2n) is 18.6. The average molecular weight is 873 g/mol. The first-order valence-electron chi connectivity index (χ1n) is 25.4. The smallest absolute Gasteiger partial charge is 0.462 e. The van der Waals surface area contributed by atoms with Crippen LogP contribution in [0.3, 0.4) is 0 Å². The van der Waals surface area contributed by atoms with E-state index in [1.54, 1.807) is 0 Å². The van der Waals surface area contributed by atoms with E-state index in [1.165, 1.54) is 167 Å². The van der Waals surface area contributed by atoms with Gasteiger partial charge in [-0.1, -0.05) is 206 Å². The lowest BCUT2D eigenvalue weighted by atomic mass is 10.0. The molecule has 0 rings (SSSR count). The van der Waals surface area contributed by atoms with Gasteiger partial charge >= 0.3 is 19.8 Å². The van der Waals surface area contributed by atoms with E-state index >= 15 is 0 Å². The molecule has 2 atom stereocenters. The van der Waals surface area contributed by atoms with Gasteiger partial charge in [-0.15, -0.1) is 0 Å². The Bertz CT molecular complexity index is 1030. The first-order chi connectivity index (χ1) is 29.0. The van der Waals surface area contributed by atoms with E-state index < -0.39 is 26.5 Å². The highest BCUT2D eigenvalue weighted by Gasteiger charge is 2.27. The first kappa shape index (κ1) is 58.8. The van der Waals surface area contributed by atoms with Crippen LogP contribution in [0.5, 0.6) is 0 Å². The van der Waals surface area contributed by atoms with Gasteiger partial charge in [0.1, 0.15) is 19.8 Å². The van der Waals surface area contributed by atoms with Crippen molar-refractivity contribution < 1.29 is 42.1 Å². The maximum atomic E-state index is 12.7. The number of nitrogens with zero attached hydrogens (tertiary/aromatic N) is 1. The van der Waals surface area contributed by atoms with E-state index in [9.17, 15) is 19.0 Å². The summed E-state index contributed by atoms with van der Waals surface area (Å²) in [5.74, 6) is -0.788. The van der Waals surface area contributed by atoms with Gasteiger partial charge < -0.3 is 18.9 Å². The van der Waals surface area contributed by atoms with E-state index in [0.29, 0.717) is 23.9 Å². The fourth-order valence-electron chi connectivity index (χ4n) is 7.31. The Morgan fingerprint density at radius 2 is 0.850 bits per heavy atom. The van der Waals surface area contributed by atoms with Crippen molar-refractivity contribution in [1.29, 1.82) is 0 Å². The standard InChI is InChI=1S/C50H98NO8P/c1-6-8-10-12-14-16-18-20-22-24-26-28-30-32-34-36-38-40-42-49(52)56-46-48(47-58-60(54,55)57-45-44-51(3,4)5)59-50(53)43-41-39-37-35-33-31-29-27-25-23-21-19-17-15-13-11-9-7-2/h23,25,48H,6-22,24,26-47H2,1-5H3/p+1/b25-23-. The maximum Gasteiger partial charge on any atom is 0.472 e. The summed E-state index contributed by atoms with van der Waals surface area (Å²) in [6.07, 6.45) is 46.8. The normalized spacial score (nSPS) is 13.5. The molecule has 0 saturated carbocycles. The second-order valence-corrected chi connectivity index (χ2v) is 20.0. The minimum Gasteiger partial charge on any atom is -0.462 e. The van der Waals surface area contributed by atoms with E-state index in [1.807, 2.05) is 21.1 Å². The largest absolute Gasteiger partial charge is 0.472 e. The highest BCUT2D eigenvalue weighted by atomic mass is 31.2. The first-order valence-corrected chi connectivity index (χ1v) is 26.9. The van der Waals surface area contributed by atoms with Crippen LogP contribution in [0.1, 0.15) is 245 Å². The molecule has 0 heterocycles. The van der Waals surface area contributed by atoms with Crippen molar-refractivity contribution in [2.45, 2.75) is 251 Å². The molecule has 0 fully saturated rings. The molecule has 0 spiro atoms. The Kier molecular flexibility index (Phi) is 42.1. The summed E-state index contributed by atoms with van der Waals surface area (Å²) in [6.45, 7) is 4.46. The van der Waals surface area contributed by atoms with Gasteiger partial charge in [-0.25, -0.2) is 4.57 Å². The number of hydrogen-bond donors (Lipinski definition) is 1. The van der Waals surface area contributed by atoms with Crippen molar-refractivity contribution in [2.24, 2.45) is 0 Å². The van der Waals surface area contributed by atoms with Crippen molar-refractivity contribution in [1.82, 2.24) is 0 Å². The molecule has 0 amide bonds. The zero-order valence-electron chi connectivity index (χ0n) is 40.2. The number of carbonyl (C=O) groups is 2. The van der Waals surface area contributed by atoms with Crippen LogP contribution in [-0.2, 0) is 32.7 Å². The number of allylic oxidation sites excluding steroid dienone is 2. The third-order valence-corrected chi connectivity index (χ3v) is 12.3. The Hall–Kier alpha value is -1.25. The highest BCUT2D eigenvalue weighted by Crippen LogP contribution is 2.43. The Balaban J connectivity index is 4.24. The van der Waals surface area contributed by atoms with Crippen LogP contribution < -0.4 is 0 Å². The van der Waals surface area contributed by atoms with Crippen LogP contribution in [0.25, 0.3) is 0 Å². The van der Waals surface area contributed by atoms with E-state index in [0.717, 1.165) is 44.9 Å². The predicted octanol–water partition coefficient (Wildman–Crippen LogP) is 14.9. The van der Waals surface area contributed by atoms with Gasteiger partial charge in [0.05, 0.1) is 27.7 Å². The van der Waals surface area contributed by atoms with Crippen LogP contribution in [0.2, 0.25) is 0 Å². The predicted molar refractivity (Wildman–Crippen MR) is 252 cm³/mol. The van der Waals surface area contributed by atoms with Crippen LogP contribution in [-0.4, -0.2) is 74.9 Å². The Morgan fingerprint density at radius 3 is 1.23 bits per heavy atom. The number of ether oxygens (including phenoxy) is 2. The number of phosphoric acid groups is 1. The molecular weight excluding hydrogens is 774 g/mol. The summed E-state index contributed by atoms with van der Waals surface area (Å²) in [6, 6.07) is 0. The van der Waals surface area contributed by atoms with Crippen LogP contribution in [0.4, 0.5) is 0 Å². The van der Waals surface area contributed by atoms with Crippen LogP contribution >= 0.6 is 7.82 Å². The molecule has 356 valence electrons. The van der Waals surface area contributed by atoms with Crippen molar-refractivity contribution in [2.75, 3.05) is 47.5 Å². The molecule has 1 N–H and O–H groups in total. The topological polar surface area (TPSA) is 108 Å². The van der Waals surface area contributed by atoms with Crippen molar-refractivity contribution in [3.05, 3.63) is 12.2 Å². The lowest BCUT2D eigenvalue weighted by molar-refractivity contribution is -0.870. The third kappa shape index (κ3) is 46.3. The number of esters is 2. The van der Waals surface area contributed by atoms with Crippen molar-refractivity contribution in [3.63, 3.8) is 0 Å². The minimum absolute atomic E-state index is 0.0343. The van der Waals surface area contributed by atoms with Crippen molar-refractivity contribution in [3.8, 4) is 0 Å². The Morgan fingerprint density at radius 1 is 0.500 bits per heavy atom. The van der Waals surface area contributed by atoms with E-state index in [-0.39, 0.29) is 25.6 Å². The second kappa shape index (κ2) is 43.0. The fraction of sp³-hybridized carbons (Fsp3) is 0.920. The number of hydrogen-bond acceptors (Lipinski definition) is 7. The molecule has 0 aliphatic heterocycles. The van der Waals surface area contributed by atoms with Gasteiger partial charge in [-0.3, -0.25) is 18.6 Å². The number of carbonyl (C=O) groups excluding carboxylic acids is 2. The molecule has 2 unspecified atom stereocenters. The average Bonchev–Trinajstić information content (AvgIpc) is 3.20. The SMILES string of the molecule is CCCCCCCCC/C=C\CCCCCCCCCC(=O)OC(COC(=O)CCCCCCCCCCCCCCCCCCCC)COP(=O)(O)OCC[N+](C)(C)C. The summed E-state index contributed by atoms with van der Waals surface area (Å²) in [5.41, 5.74) is 0. The molecule has 0 bridgehead atoms. The quantitative estimate of drug-likeness (QED) is 0.0212. The van der Waals surface area contributed by atoms with E-state index in [2.05, 4.69) is 26.0 Å². The van der Waals surface area contributed by atoms with Gasteiger partial charge in [0.25, 0.3) is 0 Å². The molecule has 0 radical (unpaired) electrons. The molecule has 0 aliphatic carbocycles. The number of quaternary nitrogens is 1. The Labute approximate surface area is 371 Å². The molecule has 9 nitrogen and oxygen atoms in total. The zero-order chi connectivity index (χ0) is 44.3. The number of rotatable bonds is 47. The highest BCUT2D eigenvalue weighted by molar-refractivity contribution is 7.47. The number of phosphoric ester groups is 1. The minimum atomic E-state index is -4.37. The van der Waals surface area contributed by atoms with Crippen LogP contribution in [0, 0.1) is 0 Å². The molecule has 60 heavy (non-hydrogen) atoms. The van der Waals surface area contributed by atoms with Gasteiger partial charge in [0, 0.05) is 12.8 Å². The van der Waals surface area contributed by atoms with Crippen molar-refractivity contribution >= 4 is 19.8 Å². The third-order valence-electron chi connectivity index (χ3n) is 11.3. The molecule has 0 saturated heterocycles. The summed E-state index contributed by atoms with van der Waals surface area (Å²) in [5, 5.41) is 0. The molecule has 0 aliphatic rings. The van der Waals surface area contributed by atoms with Gasteiger partial charge in [0.2, 0.25) is 0 Å². The maximum absolute atomic E-state index is 12.7.